The van der Waals surface area contributed by atoms with Gasteiger partial charge in [0.1, 0.15) is 11.5 Å². The van der Waals surface area contributed by atoms with Crippen molar-refractivity contribution in [3.05, 3.63) is 58.9 Å². The van der Waals surface area contributed by atoms with Crippen molar-refractivity contribution in [2.75, 3.05) is 7.05 Å². The first-order chi connectivity index (χ1) is 11.0. The Labute approximate surface area is 139 Å². The van der Waals surface area contributed by atoms with Gasteiger partial charge in [-0.25, -0.2) is 4.39 Å². The van der Waals surface area contributed by atoms with E-state index in [-0.39, 0.29) is 24.3 Å². The number of hydrogen-bond acceptors (Lipinski definition) is 2. The maximum Gasteiger partial charge on any atom is 0.270 e. The number of nitrogens with zero attached hydrogens (tertiary/aromatic N) is 2. The number of amides is 1. The number of carbonyl (C=O) groups excluding carboxylic acids is 1. The molecular formula is C18H19FN2OS. The van der Waals surface area contributed by atoms with E-state index in [9.17, 15) is 9.18 Å². The van der Waals surface area contributed by atoms with Crippen LogP contribution in [0.25, 0.3) is 10.2 Å². The predicted molar refractivity (Wildman–Crippen MR) is 92.4 cm³/mol. The highest BCUT2D eigenvalue weighted by Gasteiger charge is 2.21. The molecule has 3 rings (SSSR count). The summed E-state index contributed by atoms with van der Waals surface area (Å²) in [5.74, 6) is -0.377. The van der Waals surface area contributed by atoms with Gasteiger partial charge >= 0.3 is 0 Å². The Balaban J connectivity index is 1.92. The van der Waals surface area contributed by atoms with Crippen molar-refractivity contribution in [2.45, 2.75) is 26.4 Å². The van der Waals surface area contributed by atoms with Crippen LogP contribution in [-0.2, 0) is 6.54 Å². The summed E-state index contributed by atoms with van der Waals surface area (Å²) in [5.41, 5.74) is 2.25. The molecule has 0 radical (unpaired) electrons. The van der Waals surface area contributed by atoms with Crippen molar-refractivity contribution < 1.29 is 9.18 Å². The molecule has 23 heavy (non-hydrogen) atoms. The highest BCUT2D eigenvalue weighted by Crippen LogP contribution is 2.29. The third-order valence-corrected chi connectivity index (χ3v) is 4.76. The van der Waals surface area contributed by atoms with Crippen LogP contribution in [0, 0.1) is 5.82 Å². The lowest BCUT2D eigenvalue weighted by Crippen LogP contribution is -2.29. The van der Waals surface area contributed by atoms with Crippen molar-refractivity contribution in [2.24, 2.45) is 0 Å². The number of aromatic nitrogens is 1. The summed E-state index contributed by atoms with van der Waals surface area (Å²) in [6, 6.07) is 10.7. The quantitative estimate of drug-likeness (QED) is 0.681. The molecule has 0 unspecified atom stereocenters. The van der Waals surface area contributed by atoms with E-state index in [4.69, 9.17) is 0 Å². The van der Waals surface area contributed by atoms with Gasteiger partial charge < -0.3 is 9.47 Å². The smallest absolute Gasteiger partial charge is 0.270 e. The molecule has 0 aliphatic rings. The Bertz CT molecular complexity index is 850. The van der Waals surface area contributed by atoms with Gasteiger partial charge in [-0.05, 0) is 37.4 Å². The lowest BCUT2D eigenvalue weighted by Gasteiger charge is -2.20. The van der Waals surface area contributed by atoms with Gasteiger partial charge in [-0.3, -0.25) is 4.79 Å². The van der Waals surface area contributed by atoms with Gasteiger partial charge in [0, 0.05) is 25.2 Å². The van der Waals surface area contributed by atoms with Crippen molar-refractivity contribution in [1.29, 1.82) is 0 Å². The van der Waals surface area contributed by atoms with Gasteiger partial charge in [0.25, 0.3) is 5.91 Å². The second-order valence-corrected chi connectivity index (χ2v) is 6.86. The topological polar surface area (TPSA) is 25.2 Å². The molecule has 0 saturated heterocycles. The van der Waals surface area contributed by atoms with Gasteiger partial charge in [0.2, 0.25) is 0 Å². The van der Waals surface area contributed by atoms with E-state index in [1.807, 2.05) is 22.1 Å². The Morgan fingerprint density at radius 2 is 2.04 bits per heavy atom. The molecule has 0 aliphatic carbocycles. The van der Waals surface area contributed by atoms with Crippen molar-refractivity contribution >= 4 is 27.5 Å². The monoisotopic (exact) mass is 330 g/mol. The number of thiophene rings is 1. The zero-order valence-corrected chi connectivity index (χ0v) is 14.2. The average Bonchev–Trinajstić information content (AvgIpc) is 3.08. The molecule has 0 saturated carbocycles. The van der Waals surface area contributed by atoms with E-state index in [1.54, 1.807) is 41.5 Å². The lowest BCUT2D eigenvalue weighted by molar-refractivity contribution is 0.0772. The van der Waals surface area contributed by atoms with Crippen LogP contribution in [0.3, 0.4) is 0 Å². The summed E-state index contributed by atoms with van der Waals surface area (Å²) in [5, 5.41) is 2.03. The second kappa shape index (κ2) is 6.16. The number of carbonyl (C=O) groups is 1. The molecule has 0 fully saturated rings. The van der Waals surface area contributed by atoms with Crippen molar-refractivity contribution in [1.82, 2.24) is 9.47 Å². The minimum absolute atomic E-state index is 0.0923. The summed E-state index contributed by atoms with van der Waals surface area (Å²) in [4.78, 5) is 14.4. The van der Waals surface area contributed by atoms with Gasteiger partial charge in [0.15, 0.2) is 0 Å². The number of benzene rings is 1. The number of fused-ring (bicyclic) bond motifs is 1. The van der Waals surface area contributed by atoms with Gasteiger partial charge in [0.05, 0.1) is 10.2 Å². The van der Waals surface area contributed by atoms with Gasteiger partial charge in [-0.1, -0.05) is 18.2 Å². The van der Waals surface area contributed by atoms with Crippen LogP contribution in [-0.4, -0.2) is 22.4 Å². The first kappa shape index (κ1) is 15.7. The molecule has 0 N–H and O–H groups in total. The Morgan fingerprint density at radius 1 is 1.30 bits per heavy atom. The summed E-state index contributed by atoms with van der Waals surface area (Å²) < 4.78 is 16.9. The van der Waals surface area contributed by atoms with Crippen LogP contribution in [0.5, 0.6) is 0 Å². The molecule has 1 aromatic carbocycles. The first-order valence-corrected chi connectivity index (χ1v) is 8.44. The summed E-state index contributed by atoms with van der Waals surface area (Å²) in [6.45, 7) is 4.37. The minimum Gasteiger partial charge on any atom is -0.336 e. The van der Waals surface area contributed by atoms with Crippen LogP contribution >= 0.6 is 11.3 Å². The highest BCUT2D eigenvalue weighted by molar-refractivity contribution is 7.17. The summed E-state index contributed by atoms with van der Waals surface area (Å²) in [7, 11) is 1.71. The zero-order chi connectivity index (χ0) is 16.6. The summed E-state index contributed by atoms with van der Waals surface area (Å²) in [6.07, 6.45) is 0. The molecule has 120 valence electrons. The minimum atomic E-state index is -0.285. The first-order valence-electron chi connectivity index (χ1n) is 7.56. The molecule has 0 bridgehead atoms. The molecule has 2 aromatic heterocycles. The summed E-state index contributed by atoms with van der Waals surface area (Å²) >= 11 is 1.62. The number of rotatable bonds is 4. The van der Waals surface area contributed by atoms with Crippen LogP contribution in [0.1, 0.15) is 35.9 Å². The molecule has 0 spiro atoms. The predicted octanol–water partition coefficient (Wildman–Crippen LogP) is 4.70. The molecule has 0 aliphatic heterocycles. The van der Waals surface area contributed by atoms with Crippen LogP contribution in [0.2, 0.25) is 0 Å². The number of hydrogen-bond donors (Lipinski definition) is 0. The maximum atomic E-state index is 13.8. The Kier molecular flexibility index (Phi) is 4.22. The normalized spacial score (nSPS) is 11.3. The van der Waals surface area contributed by atoms with Crippen LogP contribution in [0.4, 0.5) is 4.39 Å². The standard InChI is InChI=1S/C18H19FN2OS/c1-12(2)21-15-8-9-23-17(15)10-16(21)18(22)20(3)11-13-6-4-5-7-14(13)19/h4-10,12H,11H2,1-3H3. The third-order valence-electron chi connectivity index (χ3n) is 3.91. The molecule has 2 heterocycles. The van der Waals surface area contributed by atoms with E-state index in [1.165, 1.54) is 6.07 Å². The molecule has 5 heteroatoms. The van der Waals surface area contributed by atoms with Crippen LogP contribution < -0.4 is 0 Å². The molecule has 3 nitrogen and oxygen atoms in total. The fraction of sp³-hybridized carbons (Fsp3) is 0.278. The van der Waals surface area contributed by atoms with Gasteiger partial charge in [-0.2, -0.15) is 0 Å². The molecule has 0 atom stereocenters. The van der Waals surface area contributed by atoms with E-state index < -0.39 is 0 Å². The second-order valence-electron chi connectivity index (χ2n) is 5.92. The Morgan fingerprint density at radius 3 is 2.74 bits per heavy atom. The molecule has 3 aromatic rings. The van der Waals surface area contributed by atoms with Crippen LogP contribution in [0.15, 0.2) is 41.8 Å². The fourth-order valence-electron chi connectivity index (χ4n) is 2.82. The average molecular weight is 330 g/mol. The SMILES string of the molecule is CC(C)n1c(C(=O)N(C)Cc2ccccc2F)cc2sccc21. The van der Waals surface area contributed by atoms with Gasteiger partial charge in [-0.15, -0.1) is 11.3 Å². The third kappa shape index (κ3) is 2.88. The lowest BCUT2D eigenvalue weighted by atomic mass is 10.2. The highest BCUT2D eigenvalue weighted by atomic mass is 32.1. The largest absolute Gasteiger partial charge is 0.336 e. The maximum absolute atomic E-state index is 13.8. The molecular weight excluding hydrogens is 311 g/mol. The van der Waals surface area contributed by atoms with Crippen molar-refractivity contribution in [3.63, 3.8) is 0 Å². The fourth-order valence-corrected chi connectivity index (χ4v) is 3.63. The van der Waals surface area contributed by atoms with Crippen molar-refractivity contribution in [3.8, 4) is 0 Å². The molecule has 1 amide bonds. The Hall–Kier alpha value is -2.14. The number of halogens is 1. The van der Waals surface area contributed by atoms with E-state index >= 15 is 0 Å². The zero-order valence-electron chi connectivity index (χ0n) is 13.4. The van der Waals surface area contributed by atoms with E-state index in [2.05, 4.69) is 13.8 Å². The van der Waals surface area contributed by atoms with E-state index in [0.29, 0.717) is 11.3 Å². The van der Waals surface area contributed by atoms with E-state index in [0.717, 1.165) is 10.2 Å².